The van der Waals surface area contributed by atoms with Gasteiger partial charge in [0.25, 0.3) is 0 Å². The summed E-state index contributed by atoms with van der Waals surface area (Å²) in [5.41, 5.74) is 0.713. The zero-order valence-electron chi connectivity index (χ0n) is 10.8. The monoisotopic (exact) mass is 273 g/mol. The molecule has 7 nitrogen and oxygen atoms in total. The molecule has 3 rings (SSSR count). The minimum Gasteiger partial charge on any atom is -0.480 e. The first-order valence-corrected chi connectivity index (χ1v) is 6.53. The van der Waals surface area contributed by atoms with Gasteiger partial charge in [0.05, 0.1) is 12.6 Å². The molecule has 0 unspecified atom stereocenters. The molecule has 1 fully saturated rings. The third-order valence-electron chi connectivity index (χ3n) is 3.30. The highest BCUT2D eigenvalue weighted by atomic mass is 16.4. The molecule has 1 atom stereocenters. The molecule has 2 N–H and O–H groups in total. The molecular formula is C13H15N5O2. The molecule has 1 aliphatic carbocycles. The van der Waals surface area contributed by atoms with Crippen LogP contribution in [0.15, 0.2) is 30.3 Å². The van der Waals surface area contributed by atoms with Crippen LogP contribution in [0.1, 0.15) is 36.3 Å². The first-order chi connectivity index (χ1) is 9.75. The number of benzene rings is 1. The summed E-state index contributed by atoms with van der Waals surface area (Å²) in [6, 6.07) is 8.69. The molecule has 0 bridgehead atoms. The predicted octanol–water partition coefficient (Wildman–Crippen LogP) is 0.923. The Morgan fingerprint density at radius 1 is 1.40 bits per heavy atom. The third-order valence-corrected chi connectivity index (χ3v) is 3.30. The van der Waals surface area contributed by atoms with Gasteiger partial charge in [-0.15, -0.1) is 5.10 Å². The number of aliphatic carboxylic acids is 1. The van der Waals surface area contributed by atoms with Crippen molar-refractivity contribution in [3.63, 3.8) is 0 Å². The smallest absolute Gasteiger partial charge is 0.325 e. The predicted molar refractivity (Wildman–Crippen MR) is 69.7 cm³/mol. The highest BCUT2D eigenvalue weighted by Crippen LogP contribution is 2.34. The Bertz CT molecular complexity index is 594. The summed E-state index contributed by atoms with van der Waals surface area (Å²) in [6.45, 7) is 0.329. The SMILES string of the molecule is O=C(O)[C@H](NCc1nnnn1C1CC1)c1ccccc1. The quantitative estimate of drug-likeness (QED) is 0.813. The molecule has 0 spiro atoms. The second-order valence-corrected chi connectivity index (χ2v) is 4.83. The van der Waals surface area contributed by atoms with Crippen LogP contribution < -0.4 is 5.32 Å². The Kier molecular flexibility index (Phi) is 3.42. The topological polar surface area (TPSA) is 92.9 Å². The fraction of sp³-hybridized carbons (Fsp3) is 0.385. The fourth-order valence-electron chi connectivity index (χ4n) is 2.12. The van der Waals surface area contributed by atoms with Crippen LogP contribution >= 0.6 is 0 Å². The van der Waals surface area contributed by atoms with Crippen molar-refractivity contribution in [3.8, 4) is 0 Å². The van der Waals surface area contributed by atoms with Gasteiger partial charge in [-0.3, -0.25) is 10.1 Å². The van der Waals surface area contributed by atoms with Crippen molar-refractivity contribution in [1.82, 2.24) is 25.5 Å². The normalized spacial score (nSPS) is 16.0. The number of carboxylic acids is 1. The first-order valence-electron chi connectivity index (χ1n) is 6.53. The van der Waals surface area contributed by atoms with Crippen LogP contribution in [-0.4, -0.2) is 31.3 Å². The number of hydrogen-bond acceptors (Lipinski definition) is 5. The van der Waals surface area contributed by atoms with Crippen LogP contribution in [0.25, 0.3) is 0 Å². The molecule has 1 aromatic carbocycles. The lowest BCUT2D eigenvalue weighted by atomic mass is 10.1. The van der Waals surface area contributed by atoms with Crippen LogP contribution in [0.3, 0.4) is 0 Å². The molecule has 0 aliphatic heterocycles. The number of carbonyl (C=O) groups is 1. The summed E-state index contributed by atoms with van der Waals surface area (Å²) in [7, 11) is 0. The first kappa shape index (κ1) is 12.7. The van der Waals surface area contributed by atoms with E-state index >= 15 is 0 Å². The van der Waals surface area contributed by atoms with Crippen molar-refractivity contribution in [1.29, 1.82) is 0 Å². The van der Waals surface area contributed by atoms with E-state index in [1.165, 1.54) is 0 Å². The Morgan fingerprint density at radius 2 is 2.15 bits per heavy atom. The molecule has 1 aliphatic rings. The zero-order valence-corrected chi connectivity index (χ0v) is 10.8. The van der Waals surface area contributed by atoms with Crippen molar-refractivity contribution in [3.05, 3.63) is 41.7 Å². The average molecular weight is 273 g/mol. The minimum atomic E-state index is -0.915. The summed E-state index contributed by atoms with van der Waals surface area (Å²) in [5.74, 6) is -0.240. The maximum atomic E-state index is 11.4. The third kappa shape index (κ3) is 2.67. The van der Waals surface area contributed by atoms with E-state index in [2.05, 4.69) is 20.8 Å². The molecule has 1 saturated carbocycles. The summed E-state index contributed by atoms with van der Waals surface area (Å²) in [6.07, 6.45) is 2.16. The molecule has 0 saturated heterocycles. The van der Waals surface area contributed by atoms with Gasteiger partial charge >= 0.3 is 5.97 Å². The van der Waals surface area contributed by atoms with E-state index < -0.39 is 12.0 Å². The molecule has 7 heteroatoms. The lowest BCUT2D eigenvalue weighted by Gasteiger charge is -2.14. The highest BCUT2D eigenvalue weighted by molar-refractivity contribution is 5.75. The summed E-state index contributed by atoms with van der Waals surface area (Å²) in [5, 5.41) is 23.9. The van der Waals surface area contributed by atoms with E-state index in [4.69, 9.17) is 0 Å². The Labute approximate surface area is 115 Å². The van der Waals surface area contributed by atoms with E-state index in [1.807, 2.05) is 18.2 Å². The number of nitrogens with one attached hydrogen (secondary N) is 1. The lowest BCUT2D eigenvalue weighted by Crippen LogP contribution is -2.29. The molecule has 2 aromatic rings. The van der Waals surface area contributed by atoms with Crippen LogP contribution in [0.5, 0.6) is 0 Å². The number of aromatic nitrogens is 4. The van der Waals surface area contributed by atoms with E-state index in [1.54, 1.807) is 16.8 Å². The standard InChI is InChI=1S/C13H15N5O2/c19-13(20)12(9-4-2-1-3-5-9)14-8-11-15-16-17-18(11)10-6-7-10/h1-5,10,12,14H,6-8H2,(H,19,20)/t12-/m1/s1. The number of carboxylic acid groups (broad SMARTS) is 1. The molecular weight excluding hydrogens is 258 g/mol. The van der Waals surface area contributed by atoms with Gasteiger partial charge in [0.15, 0.2) is 5.82 Å². The van der Waals surface area contributed by atoms with Gasteiger partial charge in [0.2, 0.25) is 0 Å². The van der Waals surface area contributed by atoms with E-state index in [0.29, 0.717) is 24.0 Å². The number of hydrogen-bond donors (Lipinski definition) is 2. The van der Waals surface area contributed by atoms with Gasteiger partial charge in [0.1, 0.15) is 6.04 Å². The fourth-order valence-corrected chi connectivity index (χ4v) is 2.12. The van der Waals surface area contributed by atoms with Gasteiger partial charge in [0, 0.05) is 0 Å². The van der Waals surface area contributed by atoms with Crippen LogP contribution in [0.2, 0.25) is 0 Å². The zero-order chi connectivity index (χ0) is 13.9. The summed E-state index contributed by atoms with van der Waals surface area (Å²) < 4.78 is 1.77. The number of rotatable bonds is 6. The number of nitrogens with zero attached hydrogens (tertiary/aromatic N) is 4. The van der Waals surface area contributed by atoms with E-state index in [9.17, 15) is 9.90 Å². The Balaban J connectivity index is 1.71. The van der Waals surface area contributed by atoms with Crippen molar-refractivity contribution in [2.45, 2.75) is 31.5 Å². The van der Waals surface area contributed by atoms with Crippen LogP contribution in [0, 0.1) is 0 Å². The second kappa shape index (κ2) is 5.38. The van der Waals surface area contributed by atoms with E-state index in [0.717, 1.165) is 12.8 Å². The van der Waals surface area contributed by atoms with Crippen LogP contribution in [0.4, 0.5) is 0 Å². The van der Waals surface area contributed by atoms with Gasteiger partial charge in [-0.25, -0.2) is 4.68 Å². The second-order valence-electron chi connectivity index (χ2n) is 4.83. The molecule has 0 amide bonds. The van der Waals surface area contributed by atoms with E-state index in [-0.39, 0.29) is 0 Å². The summed E-state index contributed by atoms with van der Waals surface area (Å²) in [4.78, 5) is 11.4. The summed E-state index contributed by atoms with van der Waals surface area (Å²) >= 11 is 0. The van der Waals surface area contributed by atoms with Crippen molar-refractivity contribution >= 4 is 5.97 Å². The highest BCUT2D eigenvalue weighted by Gasteiger charge is 2.28. The van der Waals surface area contributed by atoms with Crippen LogP contribution in [-0.2, 0) is 11.3 Å². The Hall–Kier alpha value is -2.28. The van der Waals surface area contributed by atoms with Crippen molar-refractivity contribution < 1.29 is 9.90 Å². The molecule has 20 heavy (non-hydrogen) atoms. The maximum Gasteiger partial charge on any atom is 0.325 e. The average Bonchev–Trinajstić information content (AvgIpc) is 3.19. The molecule has 1 heterocycles. The lowest BCUT2D eigenvalue weighted by molar-refractivity contribution is -0.139. The maximum absolute atomic E-state index is 11.4. The number of tetrazole rings is 1. The largest absolute Gasteiger partial charge is 0.480 e. The molecule has 0 radical (unpaired) electrons. The van der Waals surface area contributed by atoms with Gasteiger partial charge in [-0.2, -0.15) is 0 Å². The van der Waals surface area contributed by atoms with Gasteiger partial charge < -0.3 is 5.11 Å². The minimum absolute atomic E-state index is 0.329. The van der Waals surface area contributed by atoms with Gasteiger partial charge in [-0.05, 0) is 28.8 Å². The molecule has 1 aromatic heterocycles. The van der Waals surface area contributed by atoms with Gasteiger partial charge in [-0.1, -0.05) is 30.3 Å². The Morgan fingerprint density at radius 3 is 2.80 bits per heavy atom. The molecule has 104 valence electrons. The van der Waals surface area contributed by atoms with Crippen molar-refractivity contribution in [2.24, 2.45) is 0 Å². The van der Waals surface area contributed by atoms with Crippen molar-refractivity contribution in [2.75, 3.05) is 0 Å².